The minimum atomic E-state index is -0.654. The molecule has 1 aliphatic heterocycles. The average molecular weight is 425 g/mol. The number of piperazine rings is 1. The van der Waals surface area contributed by atoms with Crippen molar-refractivity contribution in [1.29, 1.82) is 0 Å². The third-order valence-corrected chi connectivity index (χ3v) is 5.77. The lowest BCUT2D eigenvalue weighted by Crippen LogP contribution is -2.49. The lowest BCUT2D eigenvalue weighted by atomic mass is 10.0. The molecule has 31 heavy (non-hydrogen) atoms. The molecule has 0 unspecified atom stereocenters. The Morgan fingerprint density at radius 1 is 1.00 bits per heavy atom. The first-order valence-electron chi connectivity index (χ1n) is 10.6. The van der Waals surface area contributed by atoms with Gasteiger partial charge in [0.05, 0.1) is 13.2 Å². The van der Waals surface area contributed by atoms with Gasteiger partial charge in [-0.25, -0.2) is 0 Å². The van der Waals surface area contributed by atoms with E-state index in [0.29, 0.717) is 12.2 Å². The summed E-state index contributed by atoms with van der Waals surface area (Å²) in [5.41, 5.74) is 3.76. The molecule has 1 saturated heterocycles. The Morgan fingerprint density at radius 2 is 1.68 bits per heavy atom. The van der Waals surface area contributed by atoms with Gasteiger partial charge < -0.3 is 20.3 Å². The summed E-state index contributed by atoms with van der Waals surface area (Å²) in [5.74, 6) is -0.496. The second-order valence-electron chi connectivity index (χ2n) is 8.11. The van der Waals surface area contributed by atoms with Gasteiger partial charge in [-0.15, -0.1) is 0 Å². The van der Waals surface area contributed by atoms with Crippen molar-refractivity contribution in [3.63, 3.8) is 0 Å². The summed E-state index contributed by atoms with van der Waals surface area (Å²) in [6, 6.07) is 13.6. The van der Waals surface area contributed by atoms with Crippen LogP contribution in [-0.4, -0.2) is 68.5 Å². The highest BCUT2D eigenvalue weighted by molar-refractivity contribution is 6.39. The largest absolute Gasteiger partial charge is 0.497 e. The van der Waals surface area contributed by atoms with Crippen LogP contribution < -0.4 is 15.4 Å². The summed E-state index contributed by atoms with van der Waals surface area (Å²) in [7, 11) is 3.75. The monoisotopic (exact) mass is 424 g/mol. The first-order valence-corrected chi connectivity index (χ1v) is 10.6. The van der Waals surface area contributed by atoms with Crippen LogP contribution in [0, 0.1) is 13.8 Å². The van der Waals surface area contributed by atoms with Crippen LogP contribution in [0.4, 0.5) is 5.69 Å². The molecule has 0 spiro atoms. The van der Waals surface area contributed by atoms with Gasteiger partial charge in [0.25, 0.3) is 0 Å². The Morgan fingerprint density at radius 3 is 2.29 bits per heavy atom. The number of hydrogen-bond acceptors (Lipinski definition) is 5. The number of rotatable bonds is 6. The van der Waals surface area contributed by atoms with E-state index in [1.165, 1.54) is 0 Å². The molecule has 166 valence electrons. The fourth-order valence-corrected chi connectivity index (χ4v) is 3.82. The summed E-state index contributed by atoms with van der Waals surface area (Å²) in [6.07, 6.45) is 0. The first-order chi connectivity index (χ1) is 14.9. The Hall–Kier alpha value is -2.90. The highest BCUT2D eigenvalue weighted by atomic mass is 16.5. The zero-order valence-corrected chi connectivity index (χ0v) is 18.8. The molecule has 1 aliphatic rings. The fraction of sp³-hybridized carbons (Fsp3) is 0.417. The van der Waals surface area contributed by atoms with E-state index in [0.717, 1.165) is 48.6 Å². The Kier molecular flexibility index (Phi) is 7.65. The van der Waals surface area contributed by atoms with E-state index in [2.05, 4.69) is 27.5 Å². The van der Waals surface area contributed by atoms with Crippen LogP contribution in [-0.2, 0) is 9.59 Å². The highest BCUT2D eigenvalue weighted by Crippen LogP contribution is 2.24. The molecule has 2 amide bonds. The number of anilines is 1. The van der Waals surface area contributed by atoms with Crippen molar-refractivity contribution in [2.45, 2.75) is 19.9 Å². The Bertz CT molecular complexity index is 906. The van der Waals surface area contributed by atoms with E-state index in [1.807, 2.05) is 56.3 Å². The van der Waals surface area contributed by atoms with Crippen LogP contribution in [0.3, 0.4) is 0 Å². The number of nitrogens with one attached hydrogen (secondary N) is 2. The molecule has 7 nitrogen and oxygen atoms in total. The minimum absolute atomic E-state index is 0.0162. The maximum absolute atomic E-state index is 12.5. The Balaban J connectivity index is 1.66. The van der Waals surface area contributed by atoms with Gasteiger partial charge in [0, 0.05) is 38.4 Å². The van der Waals surface area contributed by atoms with Crippen molar-refractivity contribution >= 4 is 17.5 Å². The molecule has 0 radical (unpaired) electrons. The number of carbonyl (C=O) groups is 2. The molecule has 3 rings (SSSR count). The smallest absolute Gasteiger partial charge is 0.313 e. The number of carbonyl (C=O) groups excluding carboxylic acids is 2. The lowest BCUT2D eigenvalue weighted by Gasteiger charge is -2.38. The third kappa shape index (κ3) is 6.06. The molecule has 2 aromatic rings. The SMILES string of the molecule is COc1ccc([C@H](CNC(=O)C(=O)Nc2ccc(C)cc2C)N2CCN(C)CC2)cc1. The van der Waals surface area contributed by atoms with Crippen LogP contribution >= 0.6 is 0 Å². The summed E-state index contributed by atoms with van der Waals surface area (Å²) in [6.45, 7) is 7.99. The van der Waals surface area contributed by atoms with Gasteiger partial charge in [0.15, 0.2) is 0 Å². The topological polar surface area (TPSA) is 73.9 Å². The molecule has 0 aliphatic carbocycles. The Labute approximate surface area is 184 Å². The lowest BCUT2D eigenvalue weighted by molar-refractivity contribution is -0.136. The number of ether oxygens (including phenoxy) is 1. The van der Waals surface area contributed by atoms with Gasteiger partial charge >= 0.3 is 11.8 Å². The van der Waals surface area contributed by atoms with Gasteiger partial charge in [-0.1, -0.05) is 29.8 Å². The van der Waals surface area contributed by atoms with E-state index in [9.17, 15) is 9.59 Å². The second kappa shape index (κ2) is 10.4. The summed E-state index contributed by atoms with van der Waals surface area (Å²) in [4.78, 5) is 29.6. The summed E-state index contributed by atoms with van der Waals surface area (Å²) >= 11 is 0. The zero-order valence-electron chi connectivity index (χ0n) is 18.8. The van der Waals surface area contributed by atoms with Crippen molar-refractivity contribution in [1.82, 2.24) is 15.1 Å². The molecular formula is C24H32N4O3. The van der Waals surface area contributed by atoms with Gasteiger partial charge in [-0.05, 0) is 50.2 Å². The van der Waals surface area contributed by atoms with Gasteiger partial charge in [-0.2, -0.15) is 0 Å². The molecular weight excluding hydrogens is 392 g/mol. The first kappa shape index (κ1) is 22.8. The van der Waals surface area contributed by atoms with Crippen molar-refractivity contribution in [3.8, 4) is 5.75 Å². The number of aryl methyl sites for hydroxylation is 2. The van der Waals surface area contributed by atoms with Gasteiger partial charge in [0.2, 0.25) is 0 Å². The van der Waals surface area contributed by atoms with E-state index < -0.39 is 11.8 Å². The molecule has 0 saturated carbocycles. The molecule has 2 N–H and O–H groups in total. The normalized spacial score (nSPS) is 15.9. The minimum Gasteiger partial charge on any atom is -0.497 e. The maximum atomic E-state index is 12.5. The highest BCUT2D eigenvalue weighted by Gasteiger charge is 2.25. The molecule has 7 heteroatoms. The zero-order chi connectivity index (χ0) is 22.4. The maximum Gasteiger partial charge on any atom is 0.313 e. The van der Waals surface area contributed by atoms with Gasteiger partial charge in [-0.3, -0.25) is 14.5 Å². The molecule has 2 aromatic carbocycles. The van der Waals surface area contributed by atoms with E-state index >= 15 is 0 Å². The quantitative estimate of drug-likeness (QED) is 0.697. The number of amides is 2. The predicted octanol–water partition coefficient (Wildman–Crippen LogP) is 2.36. The molecule has 1 heterocycles. The molecule has 0 aromatic heterocycles. The molecule has 0 bridgehead atoms. The van der Waals surface area contributed by atoms with E-state index in [4.69, 9.17) is 4.74 Å². The van der Waals surface area contributed by atoms with Crippen molar-refractivity contribution in [2.75, 3.05) is 52.2 Å². The molecule has 1 fully saturated rings. The standard InChI is InChI=1S/C24H32N4O3/c1-17-5-10-21(18(2)15-17)26-24(30)23(29)25-16-22(28-13-11-27(3)12-14-28)19-6-8-20(31-4)9-7-19/h5-10,15,22H,11-14,16H2,1-4H3,(H,25,29)(H,26,30)/t22-/m0/s1. The van der Waals surface area contributed by atoms with Crippen LogP contribution in [0.1, 0.15) is 22.7 Å². The van der Waals surface area contributed by atoms with Gasteiger partial charge in [0.1, 0.15) is 5.75 Å². The van der Waals surface area contributed by atoms with Crippen LogP contribution in [0.5, 0.6) is 5.75 Å². The van der Waals surface area contributed by atoms with Crippen LogP contribution in [0.15, 0.2) is 42.5 Å². The predicted molar refractivity (Wildman–Crippen MR) is 122 cm³/mol. The number of likely N-dealkylation sites (N-methyl/N-ethyl adjacent to an activating group) is 1. The van der Waals surface area contributed by atoms with E-state index in [1.54, 1.807) is 7.11 Å². The van der Waals surface area contributed by atoms with Crippen molar-refractivity contribution in [3.05, 3.63) is 59.2 Å². The fourth-order valence-electron chi connectivity index (χ4n) is 3.82. The number of hydrogen-bond donors (Lipinski definition) is 2. The van der Waals surface area contributed by atoms with Crippen LogP contribution in [0.25, 0.3) is 0 Å². The van der Waals surface area contributed by atoms with E-state index in [-0.39, 0.29) is 6.04 Å². The second-order valence-corrected chi connectivity index (χ2v) is 8.11. The summed E-state index contributed by atoms with van der Waals surface area (Å²) in [5, 5.41) is 5.55. The molecule has 1 atom stereocenters. The van der Waals surface area contributed by atoms with Crippen molar-refractivity contribution in [2.24, 2.45) is 0 Å². The average Bonchev–Trinajstić information content (AvgIpc) is 2.77. The third-order valence-electron chi connectivity index (χ3n) is 5.77. The van der Waals surface area contributed by atoms with Crippen LogP contribution in [0.2, 0.25) is 0 Å². The number of methoxy groups -OCH3 is 1. The number of nitrogens with zero attached hydrogens (tertiary/aromatic N) is 2. The van der Waals surface area contributed by atoms with Crippen molar-refractivity contribution < 1.29 is 14.3 Å². The number of benzene rings is 2. The summed E-state index contributed by atoms with van der Waals surface area (Å²) < 4.78 is 5.27.